The number of likely N-dealkylation sites (N-methyl/N-ethyl adjacent to an activating group) is 1. The molecule has 0 saturated heterocycles. The first-order valence-corrected chi connectivity index (χ1v) is 8.65. The van der Waals surface area contributed by atoms with E-state index >= 15 is 0 Å². The van der Waals surface area contributed by atoms with Crippen molar-refractivity contribution < 1.29 is 14.4 Å². The smallest absolute Gasteiger partial charge is 0.289 e. The van der Waals surface area contributed by atoms with Gasteiger partial charge >= 0.3 is 0 Å². The number of rotatable bonds is 6. The molecule has 0 radical (unpaired) electrons. The fourth-order valence-electron chi connectivity index (χ4n) is 3.04. The Hall–Kier alpha value is -2.17. The van der Waals surface area contributed by atoms with E-state index in [1.807, 2.05) is 6.07 Å². The highest BCUT2D eigenvalue weighted by Crippen LogP contribution is 2.22. The van der Waals surface area contributed by atoms with E-state index in [4.69, 9.17) is 0 Å². The minimum absolute atomic E-state index is 0.267. The highest BCUT2D eigenvalue weighted by atomic mass is 16.2. The average molecular weight is 330 g/mol. The van der Waals surface area contributed by atoms with Gasteiger partial charge in [-0.25, -0.2) is 0 Å². The number of carbonyl (C=O) groups is 3. The molecule has 1 N–H and O–H groups in total. The Bertz CT molecular complexity index is 580. The van der Waals surface area contributed by atoms with Crippen LogP contribution in [-0.4, -0.2) is 42.1 Å². The van der Waals surface area contributed by atoms with Crippen molar-refractivity contribution in [1.82, 2.24) is 10.2 Å². The minimum atomic E-state index is -0.788. The summed E-state index contributed by atoms with van der Waals surface area (Å²) in [6, 6.07) is 7.96. The number of nitrogens with zero attached hydrogens (tertiary/aromatic N) is 1. The average Bonchev–Trinajstić information content (AvgIpc) is 2.65. The van der Waals surface area contributed by atoms with Crippen LogP contribution in [0.5, 0.6) is 0 Å². The molecule has 2 rings (SSSR count). The lowest BCUT2D eigenvalue weighted by Crippen LogP contribution is -2.47. The van der Waals surface area contributed by atoms with Gasteiger partial charge in [0.1, 0.15) is 0 Å². The molecule has 5 nitrogen and oxygen atoms in total. The standard InChI is InChI=1S/C19H26N2O3/c1-14(21(2)19(24)16-11-7-4-8-12-16)17(22)18(23)20-13-15-9-5-3-6-10-15/h4,7-8,11-12,14-15H,3,5-6,9-10,13H2,1-2H3,(H,20,23). The molecule has 24 heavy (non-hydrogen) atoms. The van der Waals surface area contributed by atoms with Crippen molar-refractivity contribution in [2.75, 3.05) is 13.6 Å². The van der Waals surface area contributed by atoms with Gasteiger partial charge in [0.25, 0.3) is 11.8 Å². The Labute approximate surface area is 143 Å². The van der Waals surface area contributed by atoms with Gasteiger partial charge in [0, 0.05) is 19.2 Å². The summed E-state index contributed by atoms with van der Waals surface area (Å²) in [6.07, 6.45) is 5.86. The van der Waals surface area contributed by atoms with Crippen LogP contribution in [0.25, 0.3) is 0 Å². The van der Waals surface area contributed by atoms with Crippen molar-refractivity contribution in [3.63, 3.8) is 0 Å². The molecule has 1 aliphatic carbocycles. The third-order valence-electron chi connectivity index (χ3n) is 4.80. The number of hydrogen-bond acceptors (Lipinski definition) is 3. The zero-order chi connectivity index (χ0) is 17.5. The largest absolute Gasteiger partial charge is 0.349 e. The van der Waals surface area contributed by atoms with E-state index < -0.39 is 17.7 Å². The van der Waals surface area contributed by atoms with Crippen LogP contribution in [0.1, 0.15) is 49.4 Å². The van der Waals surface area contributed by atoms with Crippen molar-refractivity contribution in [2.24, 2.45) is 5.92 Å². The van der Waals surface area contributed by atoms with E-state index in [0.717, 1.165) is 12.8 Å². The van der Waals surface area contributed by atoms with Gasteiger partial charge < -0.3 is 10.2 Å². The highest BCUT2D eigenvalue weighted by Gasteiger charge is 2.28. The molecule has 0 aliphatic heterocycles. The molecular weight excluding hydrogens is 304 g/mol. The van der Waals surface area contributed by atoms with Crippen LogP contribution in [0.2, 0.25) is 0 Å². The van der Waals surface area contributed by atoms with Gasteiger partial charge in [-0.1, -0.05) is 37.5 Å². The van der Waals surface area contributed by atoms with E-state index in [2.05, 4.69) is 5.32 Å². The lowest BCUT2D eigenvalue weighted by Gasteiger charge is -2.25. The van der Waals surface area contributed by atoms with Crippen molar-refractivity contribution in [3.8, 4) is 0 Å². The number of Topliss-reactive ketones (excluding diaryl/α,β-unsaturated/α-hetero) is 1. The quantitative estimate of drug-likeness (QED) is 0.815. The molecule has 1 atom stereocenters. The maximum Gasteiger partial charge on any atom is 0.289 e. The normalized spacial score (nSPS) is 16.2. The van der Waals surface area contributed by atoms with Crippen LogP contribution >= 0.6 is 0 Å². The first-order valence-electron chi connectivity index (χ1n) is 8.65. The van der Waals surface area contributed by atoms with Gasteiger partial charge in [0.05, 0.1) is 6.04 Å². The van der Waals surface area contributed by atoms with E-state index in [1.165, 1.54) is 24.2 Å². The van der Waals surface area contributed by atoms with Gasteiger partial charge in [0.2, 0.25) is 5.78 Å². The first-order chi connectivity index (χ1) is 11.5. The molecule has 1 fully saturated rings. The fraction of sp³-hybridized carbons (Fsp3) is 0.526. The molecule has 0 bridgehead atoms. The van der Waals surface area contributed by atoms with Gasteiger partial charge in [-0.15, -0.1) is 0 Å². The number of nitrogens with one attached hydrogen (secondary N) is 1. The molecule has 130 valence electrons. The van der Waals surface area contributed by atoms with Crippen molar-refractivity contribution in [1.29, 1.82) is 0 Å². The zero-order valence-electron chi connectivity index (χ0n) is 14.5. The van der Waals surface area contributed by atoms with Crippen LogP contribution < -0.4 is 5.32 Å². The molecule has 0 heterocycles. The molecule has 0 spiro atoms. The summed E-state index contributed by atoms with van der Waals surface area (Å²) >= 11 is 0. The Kier molecular flexibility index (Phi) is 6.53. The maximum atomic E-state index is 12.4. The molecule has 2 amide bonds. The van der Waals surface area contributed by atoms with Crippen molar-refractivity contribution >= 4 is 17.6 Å². The van der Waals surface area contributed by atoms with Crippen LogP contribution in [0, 0.1) is 5.92 Å². The number of ketones is 1. The van der Waals surface area contributed by atoms with E-state index in [-0.39, 0.29) is 5.91 Å². The number of hydrogen-bond donors (Lipinski definition) is 1. The van der Waals surface area contributed by atoms with Crippen LogP contribution in [0.3, 0.4) is 0 Å². The summed E-state index contributed by atoms with van der Waals surface area (Å²) < 4.78 is 0. The molecule has 1 aliphatic rings. The SMILES string of the molecule is CC(C(=O)C(=O)NCC1CCCCC1)N(C)C(=O)c1ccccc1. The first kappa shape index (κ1) is 18.2. The summed E-state index contributed by atoms with van der Waals surface area (Å²) in [7, 11) is 1.55. The summed E-state index contributed by atoms with van der Waals surface area (Å²) in [5, 5.41) is 2.74. The molecule has 1 saturated carbocycles. The Morgan fingerprint density at radius 2 is 1.75 bits per heavy atom. The molecule has 1 unspecified atom stereocenters. The number of amides is 2. The topological polar surface area (TPSA) is 66.5 Å². The Balaban J connectivity index is 1.87. The molecule has 5 heteroatoms. The predicted molar refractivity (Wildman–Crippen MR) is 92.6 cm³/mol. The van der Waals surface area contributed by atoms with Crippen LogP contribution in [0.15, 0.2) is 30.3 Å². The van der Waals surface area contributed by atoms with Crippen LogP contribution in [-0.2, 0) is 9.59 Å². The van der Waals surface area contributed by atoms with E-state index in [0.29, 0.717) is 18.0 Å². The number of benzene rings is 1. The van der Waals surface area contributed by atoms with Gasteiger partial charge in [0.15, 0.2) is 0 Å². The van der Waals surface area contributed by atoms with Crippen LogP contribution in [0.4, 0.5) is 0 Å². The van der Waals surface area contributed by atoms with Gasteiger partial charge in [-0.2, -0.15) is 0 Å². The summed E-state index contributed by atoms with van der Waals surface area (Å²) in [6.45, 7) is 2.14. The predicted octanol–water partition coefficient (Wildman–Crippen LogP) is 2.41. The zero-order valence-corrected chi connectivity index (χ0v) is 14.5. The fourth-order valence-corrected chi connectivity index (χ4v) is 3.04. The second-order valence-electron chi connectivity index (χ2n) is 6.54. The molecule has 1 aromatic carbocycles. The van der Waals surface area contributed by atoms with Gasteiger partial charge in [-0.3, -0.25) is 14.4 Å². The molecule has 1 aromatic rings. The summed E-state index contributed by atoms with van der Waals surface area (Å²) in [5.41, 5.74) is 0.502. The second kappa shape index (κ2) is 8.62. The van der Waals surface area contributed by atoms with Crippen molar-refractivity contribution in [3.05, 3.63) is 35.9 Å². The van der Waals surface area contributed by atoms with E-state index in [1.54, 1.807) is 38.2 Å². The minimum Gasteiger partial charge on any atom is -0.349 e. The maximum absolute atomic E-state index is 12.4. The highest BCUT2D eigenvalue weighted by molar-refractivity contribution is 6.38. The lowest BCUT2D eigenvalue weighted by molar-refractivity contribution is -0.140. The van der Waals surface area contributed by atoms with Crippen molar-refractivity contribution in [2.45, 2.75) is 45.1 Å². The monoisotopic (exact) mass is 330 g/mol. The van der Waals surface area contributed by atoms with Gasteiger partial charge in [-0.05, 0) is 37.8 Å². The Morgan fingerprint density at radius 1 is 1.12 bits per heavy atom. The summed E-state index contributed by atoms with van der Waals surface area (Å²) in [4.78, 5) is 38.1. The number of carbonyl (C=O) groups excluding carboxylic acids is 3. The van der Waals surface area contributed by atoms with E-state index in [9.17, 15) is 14.4 Å². The molecular formula is C19H26N2O3. The third-order valence-corrected chi connectivity index (χ3v) is 4.80. The lowest BCUT2D eigenvalue weighted by atomic mass is 9.89. The molecule has 0 aromatic heterocycles. The third kappa shape index (κ3) is 4.66. The Morgan fingerprint density at radius 3 is 2.38 bits per heavy atom. The summed E-state index contributed by atoms with van der Waals surface area (Å²) in [5.74, 6) is -0.968. The second-order valence-corrected chi connectivity index (χ2v) is 6.54.